The molecule has 0 aliphatic rings. The lowest BCUT2D eigenvalue weighted by Crippen LogP contribution is -1.99. The van der Waals surface area contributed by atoms with Crippen molar-refractivity contribution in [3.8, 4) is 5.75 Å². The van der Waals surface area contributed by atoms with Crippen molar-refractivity contribution in [2.45, 2.75) is 25.7 Å². The van der Waals surface area contributed by atoms with Gasteiger partial charge in [-0.3, -0.25) is 0 Å². The minimum absolute atomic E-state index is 0.151. The fourth-order valence-electron chi connectivity index (χ4n) is 1.62. The second-order valence-corrected chi connectivity index (χ2v) is 5.11. The molecule has 1 rings (SSSR count). The Balaban J connectivity index is 3.33. The monoisotopic (exact) mass is 260 g/mol. The number of methoxy groups -OCH3 is 1. The summed E-state index contributed by atoms with van der Waals surface area (Å²) in [6.07, 6.45) is 0. The van der Waals surface area contributed by atoms with Gasteiger partial charge in [0.05, 0.1) is 18.6 Å². The molecule has 2 nitrogen and oxygen atoms in total. The highest BCUT2D eigenvalue weighted by atomic mass is 35.5. The van der Waals surface area contributed by atoms with Gasteiger partial charge in [-0.25, -0.2) is 0 Å². The second kappa shape index (κ2) is 5.80. The topological polar surface area (TPSA) is 29.5 Å². The van der Waals surface area contributed by atoms with Gasteiger partial charge in [-0.15, -0.1) is 11.8 Å². The van der Waals surface area contributed by atoms with Crippen molar-refractivity contribution >= 4 is 23.4 Å². The van der Waals surface area contributed by atoms with Crippen LogP contribution in [0.5, 0.6) is 5.75 Å². The van der Waals surface area contributed by atoms with Crippen LogP contribution in [0.1, 0.15) is 16.7 Å². The zero-order valence-electron chi connectivity index (χ0n) is 10.1. The summed E-state index contributed by atoms with van der Waals surface area (Å²) in [5, 5.41) is 9.67. The van der Waals surface area contributed by atoms with Crippen LogP contribution < -0.4 is 4.74 Å². The Bertz CT molecular complexity index is 391. The van der Waals surface area contributed by atoms with Crippen molar-refractivity contribution in [2.24, 2.45) is 0 Å². The molecule has 0 aliphatic heterocycles. The molecule has 4 heteroatoms. The van der Waals surface area contributed by atoms with Crippen LogP contribution in [0.3, 0.4) is 0 Å². The zero-order chi connectivity index (χ0) is 12.3. The van der Waals surface area contributed by atoms with Crippen LogP contribution in [-0.4, -0.2) is 24.6 Å². The number of aliphatic hydroxyl groups excluding tert-OH is 1. The summed E-state index contributed by atoms with van der Waals surface area (Å²) in [7, 11) is 1.66. The zero-order valence-corrected chi connectivity index (χ0v) is 11.6. The van der Waals surface area contributed by atoms with Gasteiger partial charge in [-0.05, 0) is 37.5 Å². The van der Waals surface area contributed by atoms with E-state index in [-0.39, 0.29) is 6.61 Å². The molecule has 0 saturated heterocycles. The molecule has 0 amide bonds. The summed E-state index contributed by atoms with van der Waals surface area (Å²) < 4.78 is 5.43. The molecule has 0 fully saturated rings. The van der Waals surface area contributed by atoms with Crippen molar-refractivity contribution in [3.63, 3.8) is 0 Å². The predicted molar refractivity (Wildman–Crippen MR) is 70.0 cm³/mol. The van der Waals surface area contributed by atoms with E-state index in [1.165, 1.54) is 0 Å². The summed E-state index contributed by atoms with van der Waals surface area (Å²) in [5.74, 6) is 1.52. The van der Waals surface area contributed by atoms with Crippen LogP contribution in [0.25, 0.3) is 0 Å². The molecule has 0 bridgehead atoms. The number of thioether (sulfide) groups is 1. The Morgan fingerprint density at radius 2 is 1.81 bits per heavy atom. The highest BCUT2D eigenvalue weighted by Gasteiger charge is 2.16. The highest BCUT2D eigenvalue weighted by molar-refractivity contribution is 7.99. The van der Waals surface area contributed by atoms with Gasteiger partial charge in [0.15, 0.2) is 0 Å². The van der Waals surface area contributed by atoms with Gasteiger partial charge < -0.3 is 9.84 Å². The molecule has 1 N–H and O–H groups in total. The third kappa shape index (κ3) is 2.47. The van der Waals surface area contributed by atoms with Gasteiger partial charge in [-0.2, -0.15) is 0 Å². The first-order valence-electron chi connectivity index (χ1n) is 5.11. The SMILES string of the molecule is COc1c(C)c(C)c(Cl)c(C)c1SCCO. The molecular formula is C12H17ClO2S. The maximum atomic E-state index is 8.88. The Labute approximate surface area is 106 Å². The molecule has 90 valence electrons. The summed E-state index contributed by atoms with van der Waals surface area (Å²) in [4.78, 5) is 1.03. The van der Waals surface area contributed by atoms with E-state index in [1.54, 1.807) is 18.9 Å². The van der Waals surface area contributed by atoms with Crippen LogP contribution in [-0.2, 0) is 0 Å². The number of ether oxygens (including phenoxy) is 1. The lowest BCUT2D eigenvalue weighted by molar-refractivity contribution is 0.322. The van der Waals surface area contributed by atoms with Crippen LogP contribution in [0.2, 0.25) is 5.02 Å². The van der Waals surface area contributed by atoms with Gasteiger partial charge in [0.2, 0.25) is 0 Å². The first-order valence-corrected chi connectivity index (χ1v) is 6.47. The largest absolute Gasteiger partial charge is 0.495 e. The van der Waals surface area contributed by atoms with E-state index < -0.39 is 0 Å². The molecule has 1 aromatic carbocycles. The van der Waals surface area contributed by atoms with E-state index in [0.717, 1.165) is 32.4 Å². The Hall–Kier alpha value is -0.380. The molecule has 0 aliphatic carbocycles. The minimum atomic E-state index is 0.151. The quantitative estimate of drug-likeness (QED) is 0.842. The third-order valence-corrected chi connectivity index (χ3v) is 4.38. The average molecular weight is 261 g/mol. The second-order valence-electron chi connectivity index (χ2n) is 3.62. The fraction of sp³-hybridized carbons (Fsp3) is 0.500. The van der Waals surface area contributed by atoms with Gasteiger partial charge >= 0.3 is 0 Å². The number of aliphatic hydroxyl groups is 1. The van der Waals surface area contributed by atoms with Crippen molar-refractivity contribution in [1.82, 2.24) is 0 Å². The third-order valence-electron chi connectivity index (χ3n) is 2.65. The maximum absolute atomic E-state index is 8.88. The summed E-state index contributed by atoms with van der Waals surface area (Å²) in [5.41, 5.74) is 3.16. The molecule has 0 aromatic heterocycles. The Kier molecular flexibility index (Phi) is 4.96. The van der Waals surface area contributed by atoms with E-state index in [4.69, 9.17) is 21.4 Å². The number of hydrogen-bond donors (Lipinski definition) is 1. The molecule has 0 atom stereocenters. The summed E-state index contributed by atoms with van der Waals surface area (Å²) in [6.45, 7) is 6.13. The normalized spacial score (nSPS) is 10.6. The van der Waals surface area contributed by atoms with E-state index in [0.29, 0.717) is 5.75 Å². The Morgan fingerprint density at radius 1 is 1.19 bits per heavy atom. The van der Waals surface area contributed by atoms with Crippen LogP contribution >= 0.6 is 23.4 Å². The number of halogens is 1. The van der Waals surface area contributed by atoms with Crippen molar-refractivity contribution in [3.05, 3.63) is 21.7 Å². The van der Waals surface area contributed by atoms with Crippen LogP contribution in [0.4, 0.5) is 0 Å². The van der Waals surface area contributed by atoms with E-state index >= 15 is 0 Å². The molecule has 0 saturated carbocycles. The van der Waals surface area contributed by atoms with Crippen LogP contribution in [0, 0.1) is 20.8 Å². The van der Waals surface area contributed by atoms with Crippen molar-refractivity contribution in [2.75, 3.05) is 19.5 Å². The van der Waals surface area contributed by atoms with Gasteiger partial charge in [0.25, 0.3) is 0 Å². The molecule has 0 spiro atoms. The van der Waals surface area contributed by atoms with E-state index in [2.05, 4.69) is 0 Å². The van der Waals surface area contributed by atoms with Crippen molar-refractivity contribution < 1.29 is 9.84 Å². The maximum Gasteiger partial charge on any atom is 0.135 e. The summed E-state index contributed by atoms with van der Waals surface area (Å²) >= 11 is 7.84. The molecule has 0 unspecified atom stereocenters. The molecule has 1 aromatic rings. The lowest BCUT2D eigenvalue weighted by Gasteiger charge is -2.17. The predicted octanol–water partition coefficient (Wildman–Crippen LogP) is 3.36. The van der Waals surface area contributed by atoms with Crippen LogP contribution in [0.15, 0.2) is 4.90 Å². The summed E-state index contributed by atoms with van der Waals surface area (Å²) in [6, 6.07) is 0. The molecule has 16 heavy (non-hydrogen) atoms. The van der Waals surface area contributed by atoms with Gasteiger partial charge in [0.1, 0.15) is 5.75 Å². The molecular weight excluding hydrogens is 244 g/mol. The fourth-order valence-corrected chi connectivity index (χ4v) is 2.90. The highest BCUT2D eigenvalue weighted by Crippen LogP contribution is 2.41. The standard InChI is InChI=1S/C12H17ClO2S/c1-7-8(2)11(15-4)12(16-6-5-14)9(3)10(7)13/h14H,5-6H2,1-4H3. The van der Waals surface area contributed by atoms with Crippen molar-refractivity contribution in [1.29, 1.82) is 0 Å². The minimum Gasteiger partial charge on any atom is -0.495 e. The smallest absolute Gasteiger partial charge is 0.135 e. The van der Waals surface area contributed by atoms with E-state index in [1.807, 2.05) is 20.8 Å². The number of benzene rings is 1. The van der Waals surface area contributed by atoms with Gasteiger partial charge in [-0.1, -0.05) is 11.6 Å². The Morgan fingerprint density at radius 3 is 2.31 bits per heavy atom. The van der Waals surface area contributed by atoms with Gasteiger partial charge in [0, 0.05) is 10.8 Å². The molecule has 0 radical (unpaired) electrons. The number of hydrogen-bond acceptors (Lipinski definition) is 3. The lowest BCUT2D eigenvalue weighted by atomic mass is 10.1. The average Bonchev–Trinajstić information content (AvgIpc) is 2.29. The molecule has 0 heterocycles. The van der Waals surface area contributed by atoms with E-state index in [9.17, 15) is 0 Å². The first-order chi connectivity index (χ1) is 7.54. The number of rotatable bonds is 4. The first kappa shape index (κ1) is 13.7.